The van der Waals surface area contributed by atoms with Crippen molar-refractivity contribution in [3.8, 4) is 0 Å². The first kappa shape index (κ1) is 13.2. The van der Waals surface area contributed by atoms with Crippen LogP contribution in [0.25, 0.3) is 0 Å². The van der Waals surface area contributed by atoms with Gasteiger partial charge in [0, 0.05) is 17.3 Å². The molecule has 0 amide bonds. The molecule has 0 saturated carbocycles. The van der Waals surface area contributed by atoms with Crippen molar-refractivity contribution in [3.63, 3.8) is 0 Å². The summed E-state index contributed by atoms with van der Waals surface area (Å²) < 4.78 is 5.29. The van der Waals surface area contributed by atoms with Gasteiger partial charge in [0.2, 0.25) is 5.89 Å². The summed E-state index contributed by atoms with van der Waals surface area (Å²) in [5.41, 5.74) is 0. The Hall–Kier alpha value is -0.200. The maximum Gasteiger partial charge on any atom is 0.232 e. The van der Waals surface area contributed by atoms with Gasteiger partial charge in [-0.05, 0) is 13.3 Å². The Morgan fingerprint density at radius 2 is 2.35 bits per heavy atom. The number of thioether (sulfide) groups is 2. The first-order chi connectivity index (χ1) is 8.22. The highest BCUT2D eigenvalue weighted by atomic mass is 32.2. The van der Waals surface area contributed by atoms with E-state index in [0.717, 1.165) is 23.8 Å². The van der Waals surface area contributed by atoms with Gasteiger partial charge in [-0.25, -0.2) is 0 Å². The summed E-state index contributed by atoms with van der Waals surface area (Å²) in [6, 6.07) is 0. The van der Waals surface area contributed by atoms with Gasteiger partial charge in [-0.15, -0.1) is 11.8 Å². The van der Waals surface area contributed by atoms with Crippen molar-refractivity contribution in [2.45, 2.75) is 37.5 Å². The van der Waals surface area contributed by atoms with E-state index in [-0.39, 0.29) is 5.92 Å². The zero-order chi connectivity index (χ0) is 12.3. The molecule has 3 atom stereocenters. The third-order valence-electron chi connectivity index (χ3n) is 2.90. The summed E-state index contributed by atoms with van der Waals surface area (Å²) in [5.74, 6) is 4.72. The van der Waals surface area contributed by atoms with Crippen molar-refractivity contribution in [3.05, 3.63) is 11.7 Å². The van der Waals surface area contributed by atoms with E-state index in [9.17, 15) is 5.11 Å². The lowest BCUT2D eigenvalue weighted by atomic mass is 10.0. The van der Waals surface area contributed by atoms with Gasteiger partial charge in [-0.1, -0.05) is 12.1 Å². The highest BCUT2D eigenvalue weighted by Crippen LogP contribution is 2.36. The normalized spacial score (nSPS) is 24.5. The summed E-state index contributed by atoms with van der Waals surface area (Å²) in [6.45, 7) is 3.79. The molecular formula is C11H18N2O2S2. The predicted molar refractivity (Wildman–Crippen MR) is 71.5 cm³/mol. The second-order valence-electron chi connectivity index (χ2n) is 4.18. The lowest BCUT2D eigenvalue weighted by Crippen LogP contribution is -2.14. The molecule has 4 nitrogen and oxygen atoms in total. The quantitative estimate of drug-likeness (QED) is 0.910. The van der Waals surface area contributed by atoms with Crippen LogP contribution >= 0.6 is 23.5 Å². The number of aromatic nitrogens is 2. The Morgan fingerprint density at radius 3 is 2.94 bits per heavy atom. The standard InChI is InChI=1S/C11H18N2O2S2/c1-3-8(7(2)14)11-12-10(13-15-11)9-6-16-4-5-17-9/h7-9,14H,3-6H2,1-2H3. The Labute approximate surface area is 110 Å². The van der Waals surface area contributed by atoms with E-state index in [1.165, 1.54) is 5.75 Å². The molecular weight excluding hydrogens is 256 g/mol. The van der Waals surface area contributed by atoms with E-state index in [0.29, 0.717) is 11.1 Å². The summed E-state index contributed by atoms with van der Waals surface area (Å²) in [7, 11) is 0. The summed E-state index contributed by atoms with van der Waals surface area (Å²) in [4.78, 5) is 4.45. The van der Waals surface area contributed by atoms with Gasteiger partial charge in [-0.3, -0.25) is 0 Å². The maximum atomic E-state index is 9.65. The van der Waals surface area contributed by atoms with E-state index < -0.39 is 6.10 Å². The Morgan fingerprint density at radius 1 is 1.53 bits per heavy atom. The third kappa shape index (κ3) is 3.17. The fourth-order valence-corrected chi connectivity index (χ4v) is 4.48. The van der Waals surface area contributed by atoms with Gasteiger partial charge in [0.05, 0.1) is 17.3 Å². The van der Waals surface area contributed by atoms with Gasteiger partial charge >= 0.3 is 0 Å². The fourth-order valence-electron chi connectivity index (χ4n) is 1.89. The van der Waals surface area contributed by atoms with Crippen LogP contribution in [-0.2, 0) is 0 Å². The molecule has 1 aromatic heterocycles. The second-order valence-corrected chi connectivity index (χ2v) is 6.64. The van der Waals surface area contributed by atoms with Crippen molar-refractivity contribution in [2.75, 3.05) is 17.3 Å². The minimum Gasteiger partial charge on any atom is -0.393 e. The van der Waals surface area contributed by atoms with Crippen LogP contribution in [0.1, 0.15) is 43.2 Å². The van der Waals surface area contributed by atoms with E-state index in [2.05, 4.69) is 10.1 Å². The van der Waals surface area contributed by atoms with Crippen LogP contribution in [0.3, 0.4) is 0 Å². The van der Waals surface area contributed by atoms with Gasteiger partial charge in [0.15, 0.2) is 5.82 Å². The van der Waals surface area contributed by atoms with Crippen molar-refractivity contribution in [2.24, 2.45) is 0 Å². The second kappa shape index (κ2) is 6.11. The van der Waals surface area contributed by atoms with Gasteiger partial charge in [0.25, 0.3) is 0 Å². The Balaban J connectivity index is 2.08. The van der Waals surface area contributed by atoms with Crippen molar-refractivity contribution >= 4 is 23.5 Å². The molecule has 17 heavy (non-hydrogen) atoms. The number of hydrogen-bond donors (Lipinski definition) is 1. The minimum absolute atomic E-state index is 0.0440. The van der Waals surface area contributed by atoms with Crippen LogP contribution < -0.4 is 0 Å². The molecule has 1 N–H and O–H groups in total. The highest BCUT2D eigenvalue weighted by molar-refractivity contribution is 8.06. The van der Waals surface area contributed by atoms with Gasteiger partial charge in [-0.2, -0.15) is 16.7 Å². The van der Waals surface area contributed by atoms with Crippen molar-refractivity contribution in [1.29, 1.82) is 0 Å². The summed E-state index contributed by atoms with van der Waals surface area (Å²) in [5, 5.41) is 14.1. The number of aliphatic hydroxyl groups is 1. The molecule has 2 heterocycles. The van der Waals surface area contributed by atoms with Crippen LogP contribution in [-0.4, -0.2) is 38.6 Å². The van der Waals surface area contributed by atoms with Crippen LogP contribution in [0.5, 0.6) is 0 Å². The summed E-state index contributed by atoms with van der Waals surface area (Å²) in [6.07, 6.45) is 0.368. The van der Waals surface area contributed by atoms with Gasteiger partial charge < -0.3 is 9.63 Å². The number of hydrogen-bond acceptors (Lipinski definition) is 6. The van der Waals surface area contributed by atoms with E-state index in [1.807, 2.05) is 30.4 Å². The monoisotopic (exact) mass is 274 g/mol. The first-order valence-corrected chi connectivity index (χ1v) is 8.13. The fraction of sp³-hybridized carbons (Fsp3) is 0.818. The molecule has 0 spiro atoms. The molecule has 1 aromatic rings. The molecule has 0 radical (unpaired) electrons. The molecule has 0 aromatic carbocycles. The lowest BCUT2D eigenvalue weighted by Gasteiger charge is -2.17. The molecule has 1 aliphatic heterocycles. The molecule has 0 bridgehead atoms. The Bertz CT molecular complexity index is 351. The SMILES string of the molecule is CCC(c1nc(C2CSCCS2)no1)C(C)O. The summed E-state index contributed by atoms with van der Waals surface area (Å²) >= 11 is 3.82. The molecule has 3 unspecified atom stereocenters. The largest absolute Gasteiger partial charge is 0.393 e. The smallest absolute Gasteiger partial charge is 0.232 e. The molecule has 1 aliphatic rings. The van der Waals surface area contributed by atoms with Crippen LogP contribution in [0.15, 0.2) is 4.52 Å². The van der Waals surface area contributed by atoms with E-state index in [1.54, 1.807) is 6.92 Å². The zero-order valence-corrected chi connectivity index (χ0v) is 11.8. The highest BCUT2D eigenvalue weighted by Gasteiger charge is 2.26. The lowest BCUT2D eigenvalue weighted by molar-refractivity contribution is 0.141. The predicted octanol–water partition coefficient (Wildman–Crippen LogP) is 2.47. The molecule has 6 heteroatoms. The van der Waals surface area contributed by atoms with Gasteiger partial charge in [0.1, 0.15) is 0 Å². The van der Waals surface area contributed by atoms with E-state index >= 15 is 0 Å². The molecule has 96 valence electrons. The average Bonchev–Trinajstić information content (AvgIpc) is 2.80. The van der Waals surface area contributed by atoms with Crippen LogP contribution in [0.4, 0.5) is 0 Å². The molecule has 1 saturated heterocycles. The maximum absolute atomic E-state index is 9.65. The van der Waals surface area contributed by atoms with E-state index in [4.69, 9.17) is 4.52 Å². The number of aliphatic hydroxyl groups excluding tert-OH is 1. The zero-order valence-electron chi connectivity index (χ0n) is 10.1. The average molecular weight is 274 g/mol. The third-order valence-corrected chi connectivity index (χ3v) is 5.65. The minimum atomic E-state index is -0.443. The topological polar surface area (TPSA) is 59.2 Å². The first-order valence-electron chi connectivity index (χ1n) is 5.93. The molecule has 2 rings (SSSR count). The van der Waals surface area contributed by atoms with Crippen LogP contribution in [0.2, 0.25) is 0 Å². The number of nitrogens with zero attached hydrogens (tertiary/aromatic N) is 2. The molecule has 0 aliphatic carbocycles. The number of rotatable bonds is 4. The molecule has 1 fully saturated rings. The van der Waals surface area contributed by atoms with Crippen LogP contribution in [0, 0.1) is 0 Å². The van der Waals surface area contributed by atoms with Crippen molar-refractivity contribution in [1.82, 2.24) is 10.1 Å². The Kier molecular flexibility index (Phi) is 4.76. The van der Waals surface area contributed by atoms with Crippen molar-refractivity contribution < 1.29 is 9.63 Å².